The topological polar surface area (TPSA) is 97.6 Å². The van der Waals surface area contributed by atoms with Crippen molar-refractivity contribution >= 4 is 40.9 Å². The lowest BCUT2D eigenvalue weighted by molar-refractivity contribution is -0.132. The van der Waals surface area contributed by atoms with E-state index in [1.165, 1.54) is 26.0 Å². The molecule has 2 aliphatic heterocycles. The van der Waals surface area contributed by atoms with E-state index in [0.717, 1.165) is 0 Å². The molecule has 27 heavy (non-hydrogen) atoms. The number of thioether (sulfide) groups is 1. The van der Waals surface area contributed by atoms with Crippen LogP contribution in [0.3, 0.4) is 0 Å². The van der Waals surface area contributed by atoms with Gasteiger partial charge in [-0.25, -0.2) is 4.99 Å². The molecule has 0 saturated carbocycles. The van der Waals surface area contributed by atoms with Crippen LogP contribution >= 0.6 is 11.8 Å². The summed E-state index contributed by atoms with van der Waals surface area (Å²) in [5.41, 5.74) is 0.891. The second kappa shape index (κ2) is 8.62. The van der Waals surface area contributed by atoms with Crippen molar-refractivity contribution < 1.29 is 23.9 Å². The molecule has 2 amide bonds. The highest BCUT2D eigenvalue weighted by Gasteiger charge is 2.29. The predicted octanol–water partition coefficient (Wildman–Crippen LogP) is 0.776. The SMILES string of the molecule is COC1=CC2=NC(CSCC(=O)N3CCC(=O)CC3)=NC(=O)C2=CC1OC. The number of piperidine rings is 1. The number of fused-ring (bicyclic) bond motifs is 1. The second-order valence-corrected chi connectivity index (χ2v) is 7.22. The Kier molecular flexibility index (Phi) is 6.22. The Labute approximate surface area is 161 Å². The Morgan fingerprint density at radius 3 is 2.67 bits per heavy atom. The quantitative estimate of drug-likeness (QED) is 0.664. The van der Waals surface area contributed by atoms with Crippen molar-refractivity contribution in [2.24, 2.45) is 9.98 Å². The standard InChI is InChI=1S/C18H21N3O5S/c1-25-14-7-12-13(8-15(14)26-2)19-16(20-18(12)24)9-27-10-17(23)21-5-3-11(22)4-6-21/h7-8,14H,3-6,9-10H2,1-2H3. The number of ether oxygens (including phenoxy) is 2. The third-order valence-corrected chi connectivity index (χ3v) is 5.40. The van der Waals surface area contributed by atoms with Crippen LogP contribution in [0.1, 0.15) is 12.8 Å². The summed E-state index contributed by atoms with van der Waals surface area (Å²) in [6.07, 6.45) is 3.74. The van der Waals surface area contributed by atoms with Gasteiger partial charge in [-0.2, -0.15) is 4.99 Å². The van der Waals surface area contributed by atoms with E-state index in [-0.39, 0.29) is 23.4 Å². The van der Waals surface area contributed by atoms with E-state index in [2.05, 4.69) is 9.98 Å². The van der Waals surface area contributed by atoms with Gasteiger partial charge in [-0.3, -0.25) is 14.4 Å². The molecule has 1 saturated heterocycles. The summed E-state index contributed by atoms with van der Waals surface area (Å²) in [4.78, 5) is 45.9. The van der Waals surface area contributed by atoms with Crippen molar-refractivity contribution in [3.63, 3.8) is 0 Å². The average Bonchev–Trinajstić information content (AvgIpc) is 2.67. The molecule has 9 heteroatoms. The lowest BCUT2D eigenvalue weighted by atomic mass is 9.99. The zero-order valence-electron chi connectivity index (χ0n) is 15.3. The fourth-order valence-electron chi connectivity index (χ4n) is 2.98. The first-order valence-corrected chi connectivity index (χ1v) is 9.75. The number of amides is 2. The molecule has 0 aromatic heterocycles. The Morgan fingerprint density at radius 1 is 1.26 bits per heavy atom. The van der Waals surface area contributed by atoms with Crippen molar-refractivity contribution in [2.75, 3.05) is 38.8 Å². The van der Waals surface area contributed by atoms with E-state index in [0.29, 0.717) is 54.6 Å². The van der Waals surface area contributed by atoms with Crippen molar-refractivity contribution in [1.29, 1.82) is 0 Å². The molecule has 2 heterocycles. The zero-order chi connectivity index (χ0) is 19.4. The maximum Gasteiger partial charge on any atom is 0.280 e. The van der Waals surface area contributed by atoms with Gasteiger partial charge in [-0.1, -0.05) is 0 Å². The molecule has 3 rings (SSSR count). The number of carbonyl (C=O) groups is 3. The fourth-order valence-corrected chi connectivity index (χ4v) is 3.75. The van der Waals surface area contributed by atoms with Gasteiger partial charge in [-0.05, 0) is 6.08 Å². The molecule has 3 aliphatic rings. The number of ketones is 1. The highest BCUT2D eigenvalue weighted by atomic mass is 32.2. The average molecular weight is 391 g/mol. The molecule has 0 spiro atoms. The van der Waals surface area contributed by atoms with Crippen LogP contribution in [0.4, 0.5) is 0 Å². The third kappa shape index (κ3) is 4.54. The van der Waals surface area contributed by atoms with Crippen LogP contribution in [-0.2, 0) is 23.9 Å². The lowest BCUT2D eigenvalue weighted by Gasteiger charge is -2.26. The van der Waals surface area contributed by atoms with Gasteiger partial charge in [0.2, 0.25) is 5.91 Å². The molecule has 0 radical (unpaired) electrons. The Balaban J connectivity index is 1.58. The summed E-state index contributed by atoms with van der Waals surface area (Å²) in [6, 6.07) is 0. The summed E-state index contributed by atoms with van der Waals surface area (Å²) < 4.78 is 10.6. The maximum atomic E-state index is 12.3. The highest BCUT2D eigenvalue weighted by Crippen LogP contribution is 2.23. The van der Waals surface area contributed by atoms with Gasteiger partial charge in [0.05, 0.1) is 29.9 Å². The fraction of sp³-hybridized carbons (Fsp3) is 0.500. The van der Waals surface area contributed by atoms with Gasteiger partial charge in [0, 0.05) is 39.1 Å². The number of aliphatic imine (C=N–C) groups is 2. The van der Waals surface area contributed by atoms with Crippen molar-refractivity contribution in [2.45, 2.75) is 18.9 Å². The number of amidine groups is 1. The third-order valence-electron chi connectivity index (χ3n) is 4.48. The first-order chi connectivity index (χ1) is 13.0. The van der Waals surface area contributed by atoms with Gasteiger partial charge in [-0.15, -0.1) is 11.8 Å². The molecule has 0 N–H and O–H groups in total. The molecule has 1 unspecified atom stereocenters. The monoisotopic (exact) mass is 391 g/mol. The van der Waals surface area contributed by atoms with Crippen molar-refractivity contribution in [3.8, 4) is 0 Å². The molecular weight excluding hydrogens is 370 g/mol. The first kappa shape index (κ1) is 19.5. The summed E-state index contributed by atoms with van der Waals surface area (Å²) in [5, 5.41) is 0. The largest absolute Gasteiger partial charge is 0.498 e. The minimum absolute atomic E-state index is 0.00867. The smallest absolute Gasteiger partial charge is 0.280 e. The lowest BCUT2D eigenvalue weighted by Crippen LogP contribution is -2.39. The van der Waals surface area contributed by atoms with Crippen LogP contribution in [0.2, 0.25) is 0 Å². The molecule has 1 aliphatic carbocycles. The minimum atomic E-state index is -0.437. The van der Waals surface area contributed by atoms with Crippen molar-refractivity contribution in [3.05, 3.63) is 23.5 Å². The Bertz CT molecular complexity index is 774. The van der Waals surface area contributed by atoms with E-state index >= 15 is 0 Å². The molecule has 0 aromatic rings. The number of nitrogens with zero attached hydrogens (tertiary/aromatic N) is 3. The predicted molar refractivity (Wildman–Crippen MR) is 102 cm³/mol. The summed E-state index contributed by atoms with van der Waals surface area (Å²) >= 11 is 1.35. The zero-order valence-corrected chi connectivity index (χ0v) is 16.1. The van der Waals surface area contributed by atoms with Gasteiger partial charge in [0.1, 0.15) is 23.5 Å². The summed E-state index contributed by atoms with van der Waals surface area (Å²) in [7, 11) is 3.07. The second-order valence-electron chi connectivity index (χ2n) is 6.23. The summed E-state index contributed by atoms with van der Waals surface area (Å²) in [5.74, 6) is 1.38. The number of rotatable bonds is 6. The van der Waals surface area contributed by atoms with Gasteiger partial charge < -0.3 is 14.4 Å². The van der Waals surface area contributed by atoms with Gasteiger partial charge >= 0.3 is 0 Å². The number of likely N-dealkylation sites (tertiary alicyclic amines) is 1. The molecule has 0 bridgehead atoms. The highest BCUT2D eigenvalue weighted by molar-refractivity contribution is 8.00. The minimum Gasteiger partial charge on any atom is -0.498 e. The normalized spacial score (nSPS) is 22.4. The number of hydrogen-bond acceptors (Lipinski definition) is 7. The van der Waals surface area contributed by atoms with Crippen LogP contribution in [0.15, 0.2) is 33.5 Å². The Morgan fingerprint density at radius 2 is 2.00 bits per heavy atom. The molecule has 1 fully saturated rings. The number of allylic oxidation sites excluding steroid dienone is 1. The molecular formula is C18H21N3O5S. The first-order valence-electron chi connectivity index (χ1n) is 8.60. The van der Waals surface area contributed by atoms with Crippen LogP contribution in [-0.4, -0.2) is 79.0 Å². The van der Waals surface area contributed by atoms with E-state index < -0.39 is 6.10 Å². The number of hydrogen-bond donors (Lipinski definition) is 0. The number of Topliss-reactive ketones (excluding diaryl/α,β-unsaturated/α-hetero) is 1. The number of carbonyl (C=O) groups excluding carboxylic acids is 3. The van der Waals surface area contributed by atoms with Gasteiger partial charge in [0.15, 0.2) is 0 Å². The van der Waals surface area contributed by atoms with E-state index in [1.54, 1.807) is 17.1 Å². The molecule has 1 atom stereocenters. The Hall–Kier alpha value is -2.26. The van der Waals surface area contributed by atoms with Crippen LogP contribution < -0.4 is 0 Å². The van der Waals surface area contributed by atoms with Gasteiger partial charge in [0.25, 0.3) is 5.91 Å². The molecule has 0 aromatic carbocycles. The molecule has 8 nitrogen and oxygen atoms in total. The van der Waals surface area contributed by atoms with Crippen LogP contribution in [0.25, 0.3) is 0 Å². The maximum absolute atomic E-state index is 12.3. The summed E-state index contributed by atoms with van der Waals surface area (Å²) in [6.45, 7) is 0.971. The van der Waals surface area contributed by atoms with E-state index in [9.17, 15) is 14.4 Å². The molecule has 144 valence electrons. The van der Waals surface area contributed by atoms with E-state index in [1.807, 2.05) is 0 Å². The van der Waals surface area contributed by atoms with Crippen molar-refractivity contribution in [1.82, 2.24) is 4.90 Å². The van der Waals surface area contributed by atoms with E-state index in [4.69, 9.17) is 9.47 Å². The number of methoxy groups -OCH3 is 2. The van der Waals surface area contributed by atoms with Crippen LogP contribution in [0, 0.1) is 0 Å². The van der Waals surface area contributed by atoms with Crippen LogP contribution in [0.5, 0.6) is 0 Å².